The molecule has 0 unspecified atom stereocenters. The molecule has 0 fully saturated rings. The third-order valence-electron chi connectivity index (χ3n) is 0.954. The maximum absolute atomic E-state index is 9.53. The van der Waals surface area contributed by atoms with E-state index in [4.69, 9.17) is 31.5 Å². The Morgan fingerprint density at radius 3 is 0.462 bits per heavy atom. The fourth-order valence-corrected chi connectivity index (χ4v) is 0.204. The summed E-state index contributed by atoms with van der Waals surface area (Å²) in [6.45, 7) is 0. The zero-order valence-electron chi connectivity index (χ0n) is 11.5. The van der Waals surface area contributed by atoms with Crippen molar-refractivity contribution in [1.82, 2.24) is 0 Å². The third kappa shape index (κ3) is 19.7. The van der Waals surface area contributed by atoms with Crippen LogP contribution in [0.5, 0.6) is 0 Å². The van der Waals surface area contributed by atoms with E-state index >= 15 is 0 Å². The fourth-order valence-electron chi connectivity index (χ4n) is 0.204. The van der Waals surface area contributed by atoms with Gasteiger partial charge in [-0.1, -0.05) is 0 Å². The zero-order chi connectivity index (χ0) is 19.7. The van der Waals surface area contributed by atoms with Gasteiger partial charge in [-0.25, -0.2) is 28.8 Å². The van der Waals surface area contributed by atoms with Crippen molar-refractivity contribution in [3.63, 3.8) is 0 Å². The van der Waals surface area contributed by atoms with E-state index in [1.807, 2.05) is 0 Å². The smallest absolute Gasteiger partial charge is 0.661 e. The monoisotopic (exact) mass is 414 g/mol. The predicted molar refractivity (Wildman–Crippen MR) is 48.1 cm³/mol. The Morgan fingerprint density at radius 2 is 0.423 bits per heavy atom. The number of carbonyl (C=O) groups is 6. The fraction of sp³-hybridized carbons (Fsp3) is 0. The molecule has 0 aliphatic heterocycles. The molecule has 0 rings (SSSR count). The van der Waals surface area contributed by atoms with E-state index in [9.17, 15) is 28.8 Å². The summed E-state index contributed by atoms with van der Waals surface area (Å²) >= 11 is 0. The first-order valence-corrected chi connectivity index (χ1v) is 4.20. The van der Waals surface area contributed by atoms with Crippen LogP contribution in [0, 0.1) is 0 Å². The number of hydrogen-bond donors (Lipinski definition) is 0. The van der Waals surface area contributed by atoms with Crippen LogP contribution >= 0.6 is 0 Å². The molecule has 138 valence electrons. The van der Waals surface area contributed by atoms with E-state index in [1.165, 1.54) is 0 Å². The summed E-state index contributed by atoms with van der Waals surface area (Å²) in [6, 6.07) is 0. The molecule has 0 heterocycles. The first kappa shape index (κ1) is 34.9. The molecule has 0 N–H and O–H groups in total. The second kappa shape index (κ2) is 22.6. The van der Waals surface area contributed by atoms with Crippen molar-refractivity contribution < 1.29 is 89.6 Å². The van der Waals surface area contributed by atoms with Gasteiger partial charge in [0.2, 0.25) is 0 Å². The molecule has 0 radical (unpaired) electrons. The van der Waals surface area contributed by atoms with Gasteiger partial charge in [-0.05, 0) is 0 Å². The first-order valence-electron chi connectivity index (χ1n) is 4.20. The minimum absolute atomic E-state index is 0. The van der Waals surface area contributed by atoms with Gasteiger partial charge in [0.1, 0.15) is 0 Å². The van der Waals surface area contributed by atoms with Crippen LogP contribution in [-0.2, 0) is 58.1 Å². The van der Waals surface area contributed by atoms with Gasteiger partial charge in [0.05, 0.1) is 0 Å². The molecule has 0 saturated heterocycles. The van der Waals surface area contributed by atoms with Gasteiger partial charge in [-0.15, -0.1) is 0 Å². The van der Waals surface area contributed by atoms with E-state index in [0.717, 1.165) is 0 Å². The van der Waals surface area contributed by atoms with Crippen molar-refractivity contribution in [3.05, 3.63) is 0 Å². The van der Waals surface area contributed by atoms with Crippen LogP contribution in [0.25, 0.3) is 0 Å². The van der Waals surface area contributed by atoms with E-state index < -0.39 is 35.8 Å². The molecule has 0 aromatic rings. The molecule has 0 bridgehead atoms. The summed E-state index contributed by atoms with van der Waals surface area (Å²) in [7, 11) is 0. The van der Waals surface area contributed by atoms with E-state index in [1.54, 1.807) is 0 Å². The number of rotatable bonds is 0. The SMILES string of the molecule is O=C(O[O-])C(=O)O[O-].O=C(O[O-])C(=O)O[O-].O=C(O[O-])C(=O)O[O-].[Al+3].[Al+3]. The summed E-state index contributed by atoms with van der Waals surface area (Å²) in [4.78, 5) is 72.4. The average Bonchev–Trinajstić information content (AvgIpc) is 2.64. The molecule has 26 heavy (non-hydrogen) atoms. The molecular formula is C6Al2O18. The van der Waals surface area contributed by atoms with Gasteiger partial charge in [-0.3, -0.25) is 0 Å². The van der Waals surface area contributed by atoms with Crippen LogP contribution in [0.4, 0.5) is 0 Å². The van der Waals surface area contributed by atoms with Gasteiger partial charge in [0.15, 0.2) is 0 Å². The maximum Gasteiger partial charge on any atom is 3.00 e. The Balaban J connectivity index is -0.0000000817. The van der Waals surface area contributed by atoms with Crippen LogP contribution in [-0.4, -0.2) is 70.5 Å². The molecule has 0 atom stereocenters. The Hall–Kier alpha value is -2.36. The molecule has 20 heteroatoms. The van der Waals surface area contributed by atoms with Gasteiger partial charge >= 0.3 is 70.5 Å². The van der Waals surface area contributed by atoms with Crippen molar-refractivity contribution >= 4 is 70.5 Å². The maximum atomic E-state index is 9.53. The molecule has 0 saturated carbocycles. The molecule has 0 amide bonds. The largest absolute Gasteiger partial charge is 3.00 e. The van der Waals surface area contributed by atoms with Crippen molar-refractivity contribution in [2.75, 3.05) is 0 Å². The minimum Gasteiger partial charge on any atom is -0.661 e. The molecule has 0 spiro atoms. The van der Waals surface area contributed by atoms with Crippen molar-refractivity contribution in [2.24, 2.45) is 0 Å². The van der Waals surface area contributed by atoms with E-state index in [0.29, 0.717) is 0 Å². The number of hydrogen-bond acceptors (Lipinski definition) is 18. The summed E-state index contributed by atoms with van der Waals surface area (Å²) < 4.78 is 0. The van der Waals surface area contributed by atoms with Gasteiger partial charge in [0, 0.05) is 0 Å². The van der Waals surface area contributed by atoms with Crippen molar-refractivity contribution in [2.45, 2.75) is 0 Å². The summed E-state index contributed by atoms with van der Waals surface area (Å²) in [5, 5.41) is 53.6. The molecular weight excluding hydrogens is 414 g/mol. The van der Waals surface area contributed by atoms with Crippen LogP contribution in [0.2, 0.25) is 0 Å². The van der Waals surface area contributed by atoms with Crippen molar-refractivity contribution in [3.8, 4) is 0 Å². The Kier molecular flexibility index (Phi) is 30.4. The molecule has 18 nitrogen and oxygen atoms in total. The minimum atomic E-state index is -1.85. The first-order chi connectivity index (χ1) is 11.2. The van der Waals surface area contributed by atoms with Crippen LogP contribution in [0.15, 0.2) is 0 Å². The standard InChI is InChI=1S/3C2H2O6.2Al/c3*3-1(7-5)2(4)8-6;;/h3*5-6H;;/q;;;2*+3/p-6. The topological polar surface area (TPSA) is 296 Å². The third-order valence-corrected chi connectivity index (χ3v) is 0.954. The summed E-state index contributed by atoms with van der Waals surface area (Å²) in [5.41, 5.74) is 0. The van der Waals surface area contributed by atoms with Gasteiger partial charge in [0.25, 0.3) is 0 Å². The second-order valence-electron chi connectivity index (χ2n) is 2.22. The Morgan fingerprint density at radius 1 is 0.346 bits per heavy atom. The van der Waals surface area contributed by atoms with Crippen LogP contribution in [0.1, 0.15) is 0 Å². The predicted octanol–water partition coefficient (Wildman–Crippen LogP) is -10.9. The quantitative estimate of drug-likeness (QED) is 0.154. The van der Waals surface area contributed by atoms with Gasteiger partial charge in [-0.2, -0.15) is 0 Å². The zero-order valence-corrected chi connectivity index (χ0v) is 13.8. The molecule has 0 aliphatic carbocycles. The van der Waals surface area contributed by atoms with Crippen molar-refractivity contribution in [1.29, 1.82) is 0 Å². The van der Waals surface area contributed by atoms with E-state index in [-0.39, 0.29) is 34.7 Å². The van der Waals surface area contributed by atoms with Gasteiger partial charge < -0.3 is 60.9 Å². The normalized spacial score (nSPS) is 7.15. The Labute approximate surface area is 160 Å². The molecule has 0 aromatic heterocycles. The summed E-state index contributed by atoms with van der Waals surface area (Å²) in [5.74, 6) is -11.1. The number of carbonyl (C=O) groups excluding carboxylic acids is 6. The Bertz CT molecular complexity index is 350. The molecule has 0 aliphatic rings. The average molecular weight is 414 g/mol. The van der Waals surface area contributed by atoms with Crippen LogP contribution in [0.3, 0.4) is 0 Å². The molecule has 0 aromatic carbocycles. The van der Waals surface area contributed by atoms with E-state index in [2.05, 4.69) is 29.3 Å². The summed E-state index contributed by atoms with van der Waals surface area (Å²) in [6.07, 6.45) is 0. The van der Waals surface area contributed by atoms with Crippen LogP contribution < -0.4 is 31.5 Å². The second-order valence-corrected chi connectivity index (χ2v) is 2.22.